The van der Waals surface area contributed by atoms with Crippen LogP contribution in [-0.2, 0) is 16.1 Å². The van der Waals surface area contributed by atoms with Crippen molar-refractivity contribution in [2.24, 2.45) is 0 Å². The van der Waals surface area contributed by atoms with Crippen molar-refractivity contribution in [2.75, 3.05) is 6.61 Å². The number of rotatable bonds is 5. The van der Waals surface area contributed by atoms with Crippen LogP contribution in [0, 0.1) is 0 Å². The van der Waals surface area contributed by atoms with Crippen molar-refractivity contribution >= 4 is 5.91 Å². The Bertz CT molecular complexity index is 315. The third-order valence-electron chi connectivity index (χ3n) is 2.76. The first kappa shape index (κ1) is 11.2. The molecular formula is C12H17NO3. The molecule has 0 spiro atoms. The van der Waals surface area contributed by atoms with Gasteiger partial charge >= 0.3 is 0 Å². The normalized spacial score (nSPS) is 19.9. The second-order valence-electron chi connectivity index (χ2n) is 4.03. The van der Waals surface area contributed by atoms with Gasteiger partial charge in [-0.2, -0.15) is 0 Å². The average molecular weight is 223 g/mol. The first-order valence-electron chi connectivity index (χ1n) is 5.75. The maximum absolute atomic E-state index is 11.5. The van der Waals surface area contributed by atoms with Crippen molar-refractivity contribution in [1.29, 1.82) is 0 Å². The molecule has 0 bridgehead atoms. The van der Waals surface area contributed by atoms with E-state index in [1.807, 2.05) is 12.1 Å². The minimum Gasteiger partial charge on any atom is -0.467 e. The number of carbonyl (C=O) groups excluding carboxylic acids is 1. The zero-order chi connectivity index (χ0) is 11.2. The molecule has 1 N–H and O–H groups in total. The van der Waals surface area contributed by atoms with Crippen molar-refractivity contribution in [1.82, 2.24) is 5.32 Å². The van der Waals surface area contributed by atoms with Gasteiger partial charge in [0.05, 0.1) is 18.9 Å². The van der Waals surface area contributed by atoms with E-state index in [2.05, 4.69) is 5.32 Å². The van der Waals surface area contributed by atoms with E-state index in [0.29, 0.717) is 13.0 Å². The largest absolute Gasteiger partial charge is 0.467 e. The van der Waals surface area contributed by atoms with Gasteiger partial charge in [0.25, 0.3) is 0 Å². The van der Waals surface area contributed by atoms with E-state index < -0.39 is 0 Å². The number of carbonyl (C=O) groups is 1. The van der Waals surface area contributed by atoms with Gasteiger partial charge in [-0.05, 0) is 31.4 Å². The Morgan fingerprint density at radius 3 is 3.19 bits per heavy atom. The fourth-order valence-electron chi connectivity index (χ4n) is 1.85. The molecule has 16 heavy (non-hydrogen) atoms. The Hall–Kier alpha value is -1.29. The molecule has 4 heteroatoms. The fourth-order valence-corrected chi connectivity index (χ4v) is 1.85. The highest BCUT2D eigenvalue weighted by molar-refractivity contribution is 5.75. The van der Waals surface area contributed by atoms with Crippen molar-refractivity contribution in [2.45, 2.75) is 38.3 Å². The van der Waals surface area contributed by atoms with E-state index in [9.17, 15) is 4.79 Å². The number of ether oxygens (including phenoxy) is 1. The second-order valence-corrected chi connectivity index (χ2v) is 4.03. The van der Waals surface area contributed by atoms with E-state index in [1.54, 1.807) is 6.26 Å². The number of hydrogen-bond acceptors (Lipinski definition) is 3. The average Bonchev–Trinajstić information content (AvgIpc) is 2.96. The molecule has 1 saturated heterocycles. The van der Waals surface area contributed by atoms with Gasteiger partial charge in [-0.3, -0.25) is 4.79 Å². The smallest absolute Gasteiger partial charge is 0.220 e. The van der Waals surface area contributed by atoms with Gasteiger partial charge in [0.15, 0.2) is 0 Å². The Morgan fingerprint density at radius 1 is 1.56 bits per heavy atom. The Morgan fingerprint density at radius 2 is 2.50 bits per heavy atom. The van der Waals surface area contributed by atoms with Crippen LogP contribution >= 0.6 is 0 Å². The molecule has 1 fully saturated rings. The number of amides is 1. The van der Waals surface area contributed by atoms with Crippen LogP contribution in [0.2, 0.25) is 0 Å². The van der Waals surface area contributed by atoms with Crippen molar-refractivity contribution in [3.8, 4) is 0 Å². The van der Waals surface area contributed by atoms with Crippen LogP contribution in [0.25, 0.3) is 0 Å². The second kappa shape index (κ2) is 5.70. The van der Waals surface area contributed by atoms with Crippen molar-refractivity contribution in [3.05, 3.63) is 24.2 Å². The summed E-state index contributed by atoms with van der Waals surface area (Å²) in [7, 11) is 0. The highest BCUT2D eigenvalue weighted by Crippen LogP contribution is 2.16. The minimum absolute atomic E-state index is 0.0619. The van der Waals surface area contributed by atoms with Gasteiger partial charge in [0.2, 0.25) is 5.91 Å². The Kier molecular flexibility index (Phi) is 3.99. The van der Waals surface area contributed by atoms with Crippen molar-refractivity contribution in [3.63, 3.8) is 0 Å². The monoisotopic (exact) mass is 223 g/mol. The molecule has 1 amide bonds. The lowest BCUT2D eigenvalue weighted by Gasteiger charge is -2.08. The summed E-state index contributed by atoms with van der Waals surface area (Å²) in [5.74, 6) is 0.845. The lowest BCUT2D eigenvalue weighted by molar-refractivity contribution is -0.121. The van der Waals surface area contributed by atoms with Crippen LogP contribution < -0.4 is 5.32 Å². The van der Waals surface area contributed by atoms with E-state index in [1.165, 1.54) is 0 Å². The summed E-state index contributed by atoms with van der Waals surface area (Å²) < 4.78 is 10.6. The highest BCUT2D eigenvalue weighted by Gasteiger charge is 2.16. The summed E-state index contributed by atoms with van der Waals surface area (Å²) in [4.78, 5) is 11.5. The molecule has 1 aliphatic heterocycles. The molecule has 88 valence electrons. The molecule has 1 aliphatic rings. The SMILES string of the molecule is O=C(CC[C@H]1CCCO1)NCc1ccco1. The Labute approximate surface area is 95.0 Å². The molecule has 0 aliphatic carbocycles. The maximum atomic E-state index is 11.5. The summed E-state index contributed by atoms with van der Waals surface area (Å²) in [6.45, 7) is 1.32. The quantitative estimate of drug-likeness (QED) is 0.828. The van der Waals surface area contributed by atoms with Crippen LogP contribution in [0.15, 0.2) is 22.8 Å². The number of hydrogen-bond donors (Lipinski definition) is 1. The van der Waals surface area contributed by atoms with Gasteiger partial charge in [0.1, 0.15) is 5.76 Å². The van der Waals surface area contributed by atoms with Gasteiger partial charge in [0, 0.05) is 13.0 Å². The molecule has 0 saturated carbocycles. The minimum atomic E-state index is 0.0619. The van der Waals surface area contributed by atoms with Crippen LogP contribution in [0.3, 0.4) is 0 Å². The predicted octanol–water partition coefficient (Wildman–Crippen LogP) is 1.85. The third-order valence-corrected chi connectivity index (χ3v) is 2.76. The van der Waals surface area contributed by atoms with Gasteiger partial charge in [-0.1, -0.05) is 0 Å². The van der Waals surface area contributed by atoms with E-state index in [0.717, 1.165) is 31.6 Å². The molecule has 4 nitrogen and oxygen atoms in total. The lowest BCUT2D eigenvalue weighted by Crippen LogP contribution is -2.23. The molecule has 0 radical (unpaired) electrons. The third kappa shape index (κ3) is 3.38. The molecule has 0 aromatic carbocycles. The summed E-state index contributed by atoms with van der Waals surface area (Å²) in [5.41, 5.74) is 0. The van der Waals surface area contributed by atoms with Crippen LogP contribution in [-0.4, -0.2) is 18.6 Å². The van der Waals surface area contributed by atoms with E-state index in [-0.39, 0.29) is 12.0 Å². The van der Waals surface area contributed by atoms with Crippen molar-refractivity contribution < 1.29 is 13.9 Å². The van der Waals surface area contributed by atoms with Crippen LogP contribution in [0.1, 0.15) is 31.4 Å². The Balaban J connectivity index is 1.60. The first-order valence-corrected chi connectivity index (χ1v) is 5.75. The molecule has 2 rings (SSSR count). The van der Waals surface area contributed by atoms with Crippen LogP contribution in [0.5, 0.6) is 0 Å². The molecule has 1 aromatic rings. The van der Waals surface area contributed by atoms with Gasteiger partial charge < -0.3 is 14.5 Å². The topological polar surface area (TPSA) is 51.5 Å². The zero-order valence-corrected chi connectivity index (χ0v) is 9.28. The molecule has 2 heterocycles. The zero-order valence-electron chi connectivity index (χ0n) is 9.28. The summed E-state index contributed by atoms with van der Waals surface area (Å²) in [6, 6.07) is 3.66. The summed E-state index contributed by atoms with van der Waals surface area (Å²) in [5, 5.41) is 2.82. The lowest BCUT2D eigenvalue weighted by atomic mass is 10.1. The molecule has 0 unspecified atom stereocenters. The highest BCUT2D eigenvalue weighted by atomic mass is 16.5. The number of furan rings is 1. The first-order chi connectivity index (χ1) is 7.84. The van der Waals surface area contributed by atoms with Crippen LogP contribution in [0.4, 0.5) is 0 Å². The molecule has 1 aromatic heterocycles. The summed E-state index contributed by atoms with van der Waals surface area (Å²) >= 11 is 0. The summed E-state index contributed by atoms with van der Waals surface area (Å²) in [6.07, 6.45) is 5.46. The molecule has 1 atom stereocenters. The van der Waals surface area contributed by atoms with E-state index >= 15 is 0 Å². The molecular weight excluding hydrogens is 206 g/mol. The predicted molar refractivity (Wildman–Crippen MR) is 58.8 cm³/mol. The van der Waals surface area contributed by atoms with Gasteiger partial charge in [-0.15, -0.1) is 0 Å². The van der Waals surface area contributed by atoms with E-state index in [4.69, 9.17) is 9.15 Å². The number of nitrogens with one attached hydrogen (secondary N) is 1. The van der Waals surface area contributed by atoms with Gasteiger partial charge in [-0.25, -0.2) is 0 Å². The fraction of sp³-hybridized carbons (Fsp3) is 0.583. The maximum Gasteiger partial charge on any atom is 0.220 e. The standard InChI is InChI=1S/C12H17NO3/c14-12(6-5-10-3-1-7-15-10)13-9-11-4-2-8-16-11/h2,4,8,10H,1,3,5-7,9H2,(H,13,14)/t10-/m1/s1.